The first-order valence-corrected chi connectivity index (χ1v) is 9.51. The number of aromatic nitrogens is 4. The number of hydrogen-bond donors (Lipinski definition) is 1. The molecule has 0 saturated carbocycles. The molecule has 0 aliphatic rings. The molecule has 0 spiro atoms. The summed E-state index contributed by atoms with van der Waals surface area (Å²) in [5.41, 5.74) is 3.76. The SMILES string of the molecule is C.COc1cc(OCc2ccc(C)nc2)ccc1-c1nc(-c2ccc(F)nc2)[nH]c1Cl. The molecule has 1 aromatic carbocycles. The zero-order chi connectivity index (χ0) is 21.1. The Kier molecular flexibility index (Phi) is 6.87. The molecule has 6 nitrogen and oxygen atoms in total. The Balaban J connectivity index is 0.00000272. The van der Waals surface area contributed by atoms with Crippen molar-refractivity contribution in [3.8, 4) is 34.1 Å². The number of rotatable bonds is 6. The minimum absolute atomic E-state index is 0. The van der Waals surface area contributed by atoms with E-state index in [2.05, 4.69) is 19.9 Å². The molecule has 4 aromatic rings. The molecule has 4 rings (SSSR count). The fourth-order valence-corrected chi connectivity index (χ4v) is 3.12. The number of methoxy groups -OCH3 is 1. The Bertz CT molecular complexity index is 1160. The predicted octanol–water partition coefficient (Wildman–Crippen LogP) is 5.86. The first kappa shape index (κ1) is 22.2. The van der Waals surface area contributed by atoms with Crippen LogP contribution < -0.4 is 9.47 Å². The van der Waals surface area contributed by atoms with Crippen molar-refractivity contribution in [2.75, 3.05) is 7.11 Å². The number of aromatic amines is 1. The largest absolute Gasteiger partial charge is 0.496 e. The van der Waals surface area contributed by atoms with Gasteiger partial charge in [-0.15, -0.1) is 0 Å². The van der Waals surface area contributed by atoms with Crippen molar-refractivity contribution in [2.24, 2.45) is 0 Å². The van der Waals surface area contributed by atoms with Gasteiger partial charge in [-0.3, -0.25) is 4.98 Å². The third-order valence-corrected chi connectivity index (χ3v) is 4.74. The molecule has 8 heteroatoms. The summed E-state index contributed by atoms with van der Waals surface area (Å²) < 4.78 is 24.5. The molecule has 3 aromatic heterocycles. The van der Waals surface area contributed by atoms with Gasteiger partial charge in [-0.25, -0.2) is 9.97 Å². The highest BCUT2D eigenvalue weighted by Crippen LogP contribution is 2.37. The van der Waals surface area contributed by atoms with Crippen LogP contribution >= 0.6 is 11.6 Å². The number of aryl methyl sites for hydroxylation is 1. The Morgan fingerprint density at radius 3 is 2.58 bits per heavy atom. The monoisotopic (exact) mass is 440 g/mol. The Labute approximate surface area is 185 Å². The quantitative estimate of drug-likeness (QED) is 0.380. The van der Waals surface area contributed by atoms with E-state index in [1.165, 1.54) is 12.3 Å². The van der Waals surface area contributed by atoms with Crippen LogP contribution in [0.4, 0.5) is 4.39 Å². The van der Waals surface area contributed by atoms with Crippen molar-refractivity contribution < 1.29 is 13.9 Å². The number of pyridine rings is 2. The van der Waals surface area contributed by atoms with Gasteiger partial charge in [0.1, 0.15) is 34.8 Å². The third kappa shape index (κ3) is 5.00. The van der Waals surface area contributed by atoms with Gasteiger partial charge in [-0.1, -0.05) is 25.1 Å². The van der Waals surface area contributed by atoms with E-state index in [9.17, 15) is 4.39 Å². The second-order valence-electron chi connectivity index (χ2n) is 6.58. The van der Waals surface area contributed by atoms with Crippen LogP contribution in [-0.4, -0.2) is 27.0 Å². The third-order valence-electron chi connectivity index (χ3n) is 4.47. The van der Waals surface area contributed by atoms with E-state index in [-0.39, 0.29) is 7.43 Å². The summed E-state index contributed by atoms with van der Waals surface area (Å²) in [4.78, 5) is 15.4. The molecular formula is C23H22ClFN4O2. The van der Waals surface area contributed by atoms with Crippen molar-refractivity contribution in [1.29, 1.82) is 0 Å². The van der Waals surface area contributed by atoms with Crippen LogP contribution in [0, 0.1) is 12.9 Å². The van der Waals surface area contributed by atoms with Gasteiger partial charge in [-0.2, -0.15) is 4.39 Å². The van der Waals surface area contributed by atoms with Crippen LogP contribution in [0.25, 0.3) is 22.6 Å². The zero-order valence-electron chi connectivity index (χ0n) is 16.3. The Morgan fingerprint density at radius 2 is 1.90 bits per heavy atom. The summed E-state index contributed by atoms with van der Waals surface area (Å²) in [6.45, 7) is 2.33. The summed E-state index contributed by atoms with van der Waals surface area (Å²) in [5.74, 6) is 1.13. The van der Waals surface area contributed by atoms with E-state index in [1.807, 2.05) is 31.2 Å². The summed E-state index contributed by atoms with van der Waals surface area (Å²) in [6, 6.07) is 12.2. The lowest BCUT2D eigenvalue weighted by molar-refractivity contribution is 0.303. The number of halogens is 2. The highest BCUT2D eigenvalue weighted by atomic mass is 35.5. The maximum Gasteiger partial charge on any atom is 0.212 e. The second kappa shape index (κ2) is 9.57. The van der Waals surface area contributed by atoms with Gasteiger partial charge in [0.05, 0.1) is 7.11 Å². The van der Waals surface area contributed by atoms with Gasteiger partial charge in [0.2, 0.25) is 5.95 Å². The maximum absolute atomic E-state index is 13.1. The van der Waals surface area contributed by atoms with Crippen molar-refractivity contribution in [3.63, 3.8) is 0 Å². The highest BCUT2D eigenvalue weighted by molar-refractivity contribution is 6.32. The number of hydrogen-bond acceptors (Lipinski definition) is 5. The van der Waals surface area contributed by atoms with Gasteiger partial charge in [0.25, 0.3) is 0 Å². The van der Waals surface area contributed by atoms with Crippen molar-refractivity contribution in [3.05, 3.63) is 77.2 Å². The van der Waals surface area contributed by atoms with Gasteiger partial charge >= 0.3 is 0 Å². The fraction of sp³-hybridized carbons (Fsp3) is 0.174. The van der Waals surface area contributed by atoms with Gasteiger partial charge < -0.3 is 14.5 Å². The van der Waals surface area contributed by atoms with Crippen LogP contribution in [0.15, 0.2) is 54.9 Å². The molecule has 0 aliphatic carbocycles. The van der Waals surface area contributed by atoms with Crippen LogP contribution in [0.5, 0.6) is 11.5 Å². The molecule has 0 unspecified atom stereocenters. The minimum Gasteiger partial charge on any atom is -0.496 e. The number of nitrogens with one attached hydrogen (secondary N) is 1. The van der Waals surface area contributed by atoms with E-state index < -0.39 is 5.95 Å². The lowest BCUT2D eigenvalue weighted by atomic mass is 10.1. The number of ether oxygens (including phenoxy) is 2. The average Bonchev–Trinajstić information content (AvgIpc) is 3.15. The lowest BCUT2D eigenvalue weighted by Gasteiger charge is -2.11. The standard InChI is InChI=1S/C22H18ClFN4O2.CH4/c1-13-3-4-14(10-25-13)12-30-16-6-7-17(18(9-16)29-2)20-21(23)28-22(27-20)15-5-8-19(24)26-11-15;/h3-11H,12H2,1-2H3,(H,27,28);1H4. The molecule has 0 bridgehead atoms. The number of nitrogens with zero attached hydrogens (tertiary/aromatic N) is 3. The van der Waals surface area contributed by atoms with Crippen molar-refractivity contribution in [2.45, 2.75) is 21.0 Å². The Morgan fingerprint density at radius 1 is 1.06 bits per heavy atom. The highest BCUT2D eigenvalue weighted by Gasteiger charge is 2.17. The van der Waals surface area contributed by atoms with E-state index in [0.717, 1.165) is 11.3 Å². The zero-order valence-corrected chi connectivity index (χ0v) is 17.1. The molecule has 160 valence electrons. The van der Waals surface area contributed by atoms with Crippen molar-refractivity contribution >= 4 is 11.6 Å². The number of benzene rings is 1. The molecule has 31 heavy (non-hydrogen) atoms. The first-order valence-electron chi connectivity index (χ1n) is 9.13. The van der Waals surface area contributed by atoms with Crippen molar-refractivity contribution in [1.82, 2.24) is 19.9 Å². The van der Waals surface area contributed by atoms with E-state index in [1.54, 1.807) is 25.4 Å². The molecule has 0 amide bonds. The fourth-order valence-electron chi connectivity index (χ4n) is 2.89. The molecule has 0 aliphatic heterocycles. The van der Waals surface area contributed by atoms with Gasteiger partial charge in [0, 0.05) is 40.8 Å². The molecule has 0 fully saturated rings. The molecule has 1 N–H and O–H groups in total. The minimum atomic E-state index is -0.560. The number of H-pyrrole nitrogens is 1. The molecule has 0 atom stereocenters. The molecule has 3 heterocycles. The topological polar surface area (TPSA) is 72.9 Å². The van der Waals surface area contributed by atoms with Gasteiger partial charge in [0.15, 0.2) is 0 Å². The maximum atomic E-state index is 13.1. The second-order valence-corrected chi connectivity index (χ2v) is 6.95. The van der Waals surface area contributed by atoms with Crippen LogP contribution in [-0.2, 0) is 6.61 Å². The molecule has 0 saturated heterocycles. The summed E-state index contributed by atoms with van der Waals surface area (Å²) in [5, 5.41) is 0.340. The van der Waals surface area contributed by atoms with E-state index in [4.69, 9.17) is 21.1 Å². The van der Waals surface area contributed by atoms with E-state index in [0.29, 0.717) is 45.9 Å². The van der Waals surface area contributed by atoms with Crippen LogP contribution in [0.1, 0.15) is 18.7 Å². The number of imidazole rings is 1. The summed E-state index contributed by atoms with van der Waals surface area (Å²) in [6.07, 6.45) is 3.18. The first-order chi connectivity index (χ1) is 14.5. The van der Waals surface area contributed by atoms with Crippen LogP contribution in [0.2, 0.25) is 5.15 Å². The molecular weight excluding hydrogens is 419 g/mol. The van der Waals surface area contributed by atoms with Gasteiger partial charge in [-0.05, 0) is 37.3 Å². The Hall–Kier alpha value is -3.45. The summed E-state index contributed by atoms with van der Waals surface area (Å²) >= 11 is 6.38. The van der Waals surface area contributed by atoms with Crippen LogP contribution in [0.3, 0.4) is 0 Å². The molecule has 0 radical (unpaired) electrons. The van der Waals surface area contributed by atoms with E-state index >= 15 is 0 Å². The average molecular weight is 441 g/mol. The summed E-state index contributed by atoms with van der Waals surface area (Å²) in [7, 11) is 1.57. The smallest absolute Gasteiger partial charge is 0.212 e. The predicted molar refractivity (Wildman–Crippen MR) is 119 cm³/mol. The lowest BCUT2D eigenvalue weighted by Crippen LogP contribution is -1.97. The normalized spacial score (nSPS) is 10.5.